The Morgan fingerprint density at radius 3 is 2.86 bits per heavy atom. The quantitative estimate of drug-likeness (QED) is 0.624. The molecule has 3 nitrogen and oxygen atoms in total. The average molecular weight is 216 g/mol. The molecule has 0 aromatic rings. The molecule has 1 saturated carbocycles. The molecule has 1 unspecified atom stereocenters. The molecule has 3 N–H and O–H groups in total. The Labute approximate surface area is 90.2 Å². The van der Waals surface area contributed by atoms with Gasteiger partial charge in [0.05, 0.1) is 5.75 Å². The van der Waals surface area contributed by atoms with Crippen molar-refractivity contribution in [1.82, 2.24) is 5.32 Å². The van der Waals surface area contributed by atoms with Gasteiger partial charge in [0.25, 0.3) is 0 Å². The predicted octanol–water partition coefficient (Wildman–Crippen LogP) is 0.983. The summed E-state index contributed by atoms with van der Waals surface area (Å²) in [6.07, 6.45) is 3.58. The molecule has 0 heterocycles. The summed E-state index contributed by atoms with van der Waals surface area (Å²) in [4.78, 5) is 11.4. The first kappa shape index (κ1) is 11.9. The largest absolute Gasteiger partial charge is 0.351 e. The van der Waals surface area contributed by atoms with Crippen molar-refractivity contribution in [3.05, 3.63) is 0 Å². The fourth-order valence-corrected chi connectivity index (χ4v) is 2.13. The number of nitrogens with two attached hydrogens (primary N) is 1. The van der Waals surface area contributed by atoms with Crippen molar-refractivity contribution in [2.45, 2.75) is 32.2 Å². The van der Waals surface area contributed by atoms with E-state index in [-0.39, 0.29) is 11.9 Å². The minimum absolute atomic E-state index is 0.144. The summed E-state index contributed by atoms with van der Waals surface area (Å²) in [5.41, 5.74) is 5.60. The van der Waals surface area contributed by atoms with E-state index in [1.165, 1.54) is 12.8 Å². The summed E-state index contributed by atoms with van der Waals surface area (Å²) in [7, 11) is 0. The molecule has 1 fully saturated rings. The molecule has 82 valence electrons. The second kappa shape index (κ2) is 6.30. The molecule has 0 aromatic heterocycles. The maximum absolute atomic E-state index is 11.4. The Balaban J connectivity index is 2.11. The molecule has 0 aliphatic heterocycles. The second-order valence-electron chi connectivity index (χ2n) is 3.80. The van der Waals surface area contributed by atoms with Crippen LogP contribution >= 0.6 is 11.8 Å². The van der Waals surface area contributed by atoms with Crippen LogP contribution in [0.3, 0.4) is 0 Å². The van der Waals surface area contributed by atoms with Crippen LogP contribution in [0.25, 0.3) is 0 Å². The lowest BCUT2D eigenvalue weighted by Crippen LogP contribution is -2.42. The lowest BCUT2D eigenvalue weighted by molar-refractivity contribution is -0.119. The summed E-state index contributed by atoms with van der Waals surface area (Å²) in [5.74, 6) is 2.44. The van der Waals surface area contributed by atoms with E-state index in [0.29, 0.717) is 18.2 Å². The van der Waals surface area contributed by atoms with Crippen LogP contribution in [0, 0.1) is 5.92 Å². The van der Waals surface area contributed by atoms with E-state index in [4.69, 9.17) is 5.73 Å². The number of hydrogen-bond acceptors (Lipinski definition) is 3. The van der Waals surface area contributed by atoms with Crippen molar-refractivity contribution in [1.29, 1.82) is 0 Å². The van der Waals surface area contributed by atoms with Gasteiger partial charge in [0, 0.05) is 12.6 Å². The maximum Gasteiger partial charge on any atom is 0.230 e. The summed E-state index contributed by atoms with van der Waals surface area (Å²) in [6, 6.07) is 0.227. The van der Waals surface area contributed by atoms with Crippen LogP contribution in [-0.2, 0) is 4.79 Å². The monoisotopic (exact) mass is 216 g/mol. The zero-order chi connectivity index (χ0) is 10.4. The van der Waals surface area contributed by atoms with Gasteiger partial charge in [-0.1, -0.05) is 6.92 Å². The minimum atomic E-state index is 0.144. The predicted molar refractivity (Wildman–Crippen MR) is 61.3 cm³/mol. The van der Waals surface area contributed by atoms with Crippen molar-refractivity contribution in [2.75, 3.05) is 18.1 Å². The summed E-state index contributed by atoms with van der Waals surface area (Å²) >= 11 is 1.69. The molecule has 4 heteroatoms. The number of rotatable bonds is 7. The van der Waals surface area contributed by atoms with Gasteiger partial charge in [-0.2, -0.15) is 11.8 Å². The zero-order valence-corrected chi connectivity index (χ0v) is 9.61. The third-order valence-corrected chi connectivity index (χ3v) is 3.54. The second-order valence-corrected chi connectivity index (χ2v) is 4.90. The zero-order valence-electron chi connectivity index (χ0n) is 8.79. The van der Waals surface area contributed by atoms with Gasteiger partial charge in [-0.3, -0.25) is 4.79 Å². The number of amides is 1. The first-order chi connectivity index (χ1) is 6.77. The van der Waals surface area contributed by atoms with Crippen molar-refractivity contribution < 1.29 is 4.79 Å². The van der Waals surface area contributed by atoms with Gasteiger partial charge >= 0.3 is 0 Å². The van der Waals surface area contributed by atoms with Gasteiger partial charge < -0.3 is 11.1 Å². The molecule has 1 rings (SSSR count). The van der Waals surface area contributed by atoms with Crippen LogP contribution < -0.4 is 11.1 Å². The number of hydrogen-bond donors (Lipinski definition) is 2. The highest BCUT2D eigenvalue weighted by molar-refractivity contribution is 7.99. The topological polar surface area (TPSA) is 55.1 Å². The average Bonchev–Trinajstić information content (AvgIpc) is 2.98. The van der Waals surface area contributed by atoms with Crippen LogP contribution in [0.15, 0.2) is 0 Å². The van der Waals surface area contributed by atoms with E-state index >= 15 is 0 Å². The Hall–Kier alpha value is -0.220. The van der Waals surface area contributed by atoms with Crippen molar-refractivity contribution in [3.63, 3.8) is 0 Å². The normalized spacial score (nSPS) is 17.9. The molecule has 0 aromatic carbocycles. The smallest absolute Gasteiger partial charge is 0.230 e. The van der Waals surface area contributed by atoms with Crippen LogP contribution in [-0.4, -0.2) is 30.0 Å². The number of carbonyl (C=O) groups is 1. The first-order valence-electron chi connectivity index (χ1n) is 5.35. The standard InChI is InChI=1S/C10H20N2OS/c1-2-5-14-7-10(13)12-9(6-11)8-3-4-8/h8-9H,2-7,11H2,1H3,(H,12,13). The van der Waals surface area contributed by atoms with E-state index in [1.54, 1.807) is 11.8 Å². The number of thioether (sulfide) groups is 1. The Morgan fingerprint density at radius 1 is 1.64 bits per heavy atom. The third-order valence-electron chi connectivity index (χ3n) is 2.37. The fourth-order valence-electron chi connectivity index (χ4n) is 1.43. The SMILES string of the molecule is CCCSCC(=O)NC(CN)C1CC1. The van der Waals surface area contributed by atoms with E-state index in [2.05, 4.69) is 12.2 Å². The summed E-state index contributed by atoms with van der Waals surface area (Å²) in [5, 5.41) is 3.00. The van der Waals surface area contributed by atoms with Crippen LogP contribution in [0.4, 0.5) is 0 Å². The fraction of sp³-hybridized carbons (Fsp3) is 0.900. The molecule has 0 saturated heterocycles. The molecular formula is C10H20N2OS. The third kappa shape index (κ3) is 4.33. The van der Waals surface area contributed by atoms with E-state index in [1.807, 2.05) is 0 Å². The van der Waals surface area contributed by atoms with E-state index in [0.717, 1.165) is 12.2 Å². The summed E-state index contributed by atoms with van der Waals surface area (Å²) < 4.78 is 0. The molecule has 0 spiro atoms. The van der Waals surface area contributed by atoms with Gasteiger partial charge in [-0.25, -0.2) is 0 Å². The lowest BCUT2D eigenvalue weighted by atomic mass is 10.2. The molecule has 0 bridgehead atoms. The highest BCUT2D eigenvalue weighted by Gasteiger charge is 2.30. The summed E-state index contributed by atoms with van der Waals surface area (Å²) in [6.45, 7) is 2.70. The van der Waals surface area contributed by atoms with Crippen molar-refractivity contribution >= 4 is 17.7 Å². The maximum atomic E-state index is 11.4. The molecular weight excluding hydrogens is 196 g/mol. The molecule has 1 atom stereocenters. The van der Waals surface area contributed by atoms with Crippen molar-refractivity contribution in [3.8, 4) is 0 Å². The van der Waals surface area contributed by atoms with Gasteiger partial charge in [-0.15, -0.1) is 0 Å². The highest BCUT2D eigenvalue weighted by Crippen LogP contribution is 2.32. The lowest BCUT2D eigenvalue weighted by Gasteiger charge is -2.15. The minimum Gasteiger partial charge on any atom is -0.351 e. The molecule has 1 aliphatic rings. The van der Waals surface area contributed by atoms with Gasteiger partial charge in [-0.05, 0) is 30.9 Å². The number of carbonyl (C=O) groups excluding carboxylic acids is 1. The van der Waals surface area contributed by atoms with Gasteiger partial charge in [0.1, 0.15) is 0 Å². The molecule has 0 radical (unpaired) electrons. The van der Waals surface area contributed by atoms with Gasteiger partial charge in [0.2, 0.25) is 5.91 Å². The van der Waals surface area contributed by atoms with E-state index in [9.17, 15) is 4.79 Å². The van der Waals surface area contributed by atoms with Crippen molar-refractivity contribution in [2.24, 2.45) is 11.7 Å². The van der Waals surface area contributed by atoms with Crippen LogP contribution in [0.5, 0.6) is 0 Å². The Kier molecular flexibility index (Phi) is 5.33. The highest BCUT2D eigenvalue weighted by atomic mass is 32.2. The number of nitrogens with one attached hydrogen (secondary N) is 1. The van der Waals surface area contributed by atoms with Crippen LogP contribution in [0.1, 0.15) is 26.2 Å². The Morgan fingerprint density at radius 2 is 2.36 bits per heavy atom. The Bertz CT molecular complexity index is 183. The molecule has 1 amide bonds. The van der Waals surface area contributed by atoms with Gasteiger partial charge in [0.15, 0.2) is 0 Å². The van der Waals surface area contributed by atoms with E-state index < -0.39 is 0 Å². The molecule has 1 aliphatic carbocycles. The molecule has 14 heavy (non-hydrogen) atoms. The van der Waals surface area contributed by atoms with Crippen LogP contribution in [0.2, 0.25) is 0 Å². The first-order valence-corrected chi connectivity index (χ1v) is 6.50.